The molecule has 0 atom stereocenters. The van der Waals surface area contributed by atoms with Crippen LogP contribution in [-0.4, -0.2) is 15.2 Å². The minimum atomic E-state index is 0.811. The Bertz CT molecular complexity index is 427. The molecule has 0 aliphatic carbocycles. The molecule has 0 amide bonds. The zero-order valence-corrected chi connectivity index (χ0v) is 9.26. The number of pyridine rings is 1. The molecule has 0 saturated heterocycles. The quantitative estimate of drug-likeness (QED) is 0.736. The summed E-state index contributed by atoms with van der Waals surface area (Å²) in [5.74, 6) is 0. The first-order valence-corrected chi connectivity index (χ1v) is 5.29. The van der Waals surface area contributed by atoms with Gasteiger partial charge in [0.2, 0.25) is 0 Å². The van der Waals surface area contributed by atoms with E-state index >= 15 is 0 Å². The van der Waals surface area contributed by atoms with E-state index in [1.54, 1.807) is 17.5 Å². The van der Waals surface area contributed by atoms with Crippen molar-refractivity contribution < 1.29 is 0 Å². The van der Waals surface area contributed by atoms with Crippen molar-refractivity contribution in [3.05, 3.63) is 27.9 Å². The fraction of sp³-hybridized carbons (Fsp3) is 0.125. The summed E-state index contributed by atoms with van der Waals surface area (Å²) in [7, 11) is 0. The number of hydrogen-bond donors (Lipinski definition) is 0. The summed E-state index contributed by atoms with van der Waals surface area (Å²) < 4.78 is 0.811. The van der Waals surface area contributed by atoms with Crippen molar-refractivity contribution in [2.75, 3.05) is 0 Å². The van der Waals surface area contributed by atoms with Crippen LogP contribution in [0.15, 0.2) is 22.9 Å². The molecular formula is C8H6BrN3S. The number of aryl methyl sites for hydroxylation is 1. The van der Waals surface area contributed by atoms with E-state index in [0.29, 0.717) is 0 Å². The van der Waals surface area contributed by atoms with Crippen LogP contribution in [0, 0.1) is 6.92 Å². The highest BCUT2D eigenvalue weighted by Crippen LogP contribution is 2.28. The summed E-state index contributed by atoms with van der Waals surface area (Å²) in [6.07, 6.45) is 1.74. The summed E-state index contributed by atoms with van der Waals surface area (Å²) >= 11 is 4.93. The van der Waals surface area contributed by atoms with Gasteiger partial charge >= 0.3 is 0 Å². The smallest absolute Gasteiger partial charge is 0.150 e. The zero-order valence-electron chi connectivity index (χ0n) is 6.86. The van der Waals surface area contributed by atoms with Crippen molar-refractivity contribution >= 4 is 27.3 Å². The van der Waals surface area contributed by atoms with Gasteiger partial charge in [-0.15, -0.1) is 10.2 Å². The van der Waals surface area contributed by atoms with Crippen LogP contribution in [0.1, 0.15) is 5.01 Å². The van der Waals surface area contributed by atoms with Crippen molar-refractivity contribution in [1.29, 1.82) is 0 Å². The Morgan fingerprint density at radius 1 is 1.38 bits per heavy atom. The summed E-state index contributed by atoms with van der Waals surface area (Å²) in [6.45, 7) is 1.94. The minimum Gasteiger partial charge on any atom is -0.249 e. The third-order valence-corrected chi connectivity index (χ3v) is 3.02. The molecule has 0 aromatic carbocycles. The van der Waals surface area contributed by atoms with E-state index in [1.165, 1.54) is 0 Å². The Morgan fingerprint density at radius 2 is 2.23 bits per heavy atom. The normalized spacial score (nSPS) is 10.3. The lowest BCUT2D eigenvalue weighted by Crippen LogP contribution is -1.81. The molecule has 13 heavy (non-hydrogen) atoms. The predicted molar refractivity (Wildman–Crippen MR) is 55.6 cm³/mol. The maximum absolute atomic E-state index is 4.12. The predicted octanol–water partition coefficient (Wildman–Crippen LogP) is 2.67. The second-order valence-electron chi connectivity index (χ2n) is 2.47. The van der Waals surface area contributed by atoms with Crippen molar-refractivity contribution in [2.45, 2.75) is 6.92 Å². The van der Waals surface area contributed by atoms with Crippen LogP contribution in [0.5, 0.6) is 0 Å². The Hall–Kier alpha value is -0.810. The van der Waals surface area contributed by atoms with Crippen LogP contribution < -0.4 is 0 Å². The molecule has 0 N–H and O–H groups in total. The van der Waals surface area contributed by atoms with E-state index < -0.39 is 0 Å². The van der Waals surface area contributed by atoms with E-state index in [4.69, 9.17) is 0 Å². The summed E-state index contributed by atoms with van der Waals surface area (Å²) in [5.41, 5.74) is 0.994. The standard InChI is InChI=1S/C8H6BrN3S/c1-5-11-12-8(13-5)6-3-2-4-10-7(6)9/h2-4H,1H3. The molecule has 3 nitrogen and oxygen atoms in total. The van der Waals surface area contributed by atoms with E-state index in [0.717, 1.165) is 20.2 Å². The highest BCUT2D eigenvalue weighted by atomic mass is 79.9. The van der Waals surface area contributed by atoms with Crippen LogP contribution in [0.25, 0.3) is 10.6 Å². The topological polar surface area (TPSA) is 38.7 Å². The zero-order chi connectivity index (χ0) is 9.26. The van der Waals surface area contributed by atoms with E-state index in [9.17, 15) is 0 Å². The molecule has 0 saturated carbocycles. The van der Waals surface area contributed by atoms with Crippen LogP contribution >= 0.6 is 27.3 Å². The van der Waals surface area contributed by atoms with Gasteiger partial charge in [0.15, 0.2) is 5.01 Å². The van der Waals surface area contributed by atoms with Crippen molar-refractivity contribution in [3.8, 4) is 10.6 Å². The number of hydrogen-bond acceptors (Lipinski definition) is 4. The van der Waals surface area contributed by atoms with Crippen molar-refractivity contribution in [2.24, 2.45) is 0 Å². The monoisotopic (exact) mass is 255 g/mol. The number of aromatic nitrogens is 3. The molecule has 0 bridgehead atoms. The Balaban J connectivity index is 2.52. The van der Waals surface area contributed by atoms with Crippen molar-refractivity contribution in [1.82, 2.24) is 15.2 Å². The van der Waals surface area contributed by atoms with E-state index in [-0.39, 0.29) is 0 Å². The van der Waals surface area contributed by atoms with Gasteiger partial charge in [0.05, 0.1) is 0 Å². The first-order valence-electron chi connectivity index (χ1n) is 3.68. The SMILES string of the molecule is Cc1nnc(-c2cccnc2Br)s1. The number of rotatable bonds is 1. The van der Waals surface area contributed by atoms with Gasteiger partial charge in [-0.2, -0.15) is 0 Å². The Kier molecular flexibility index (Phi) is 2.37. The first kappa shape index (κ1) is 8.77. The molecule has 0 fully saturated rings. The summed E-state index contributed by atoms with van der Waals surface area (Å²) in [5, 5.41) is 9.86. The minimum absolute atomic E-state index is 0.811. The molecule has 66 valence electrons. The van der Waals surface area contributed by atoms with Gasteiger partial charge in [0, 0.05) is 11.8 Å². The second kappa shape index (κ2) is 3.51. The molecule has 0 aliphatic rings. The molecule has 0 unspecified atom stereocenters. The molecule has 2 rings (SSSR count). The first-order chi connectivity index (χ1) is 6.27. The van der Waals surface area contributed by atoms with E-state index in [2.05, 4.69) is 31.1 Å². The van der Waals surface area contributed by atoms with Gasteiger partial charge in [-0.05, 0) is 35.0 Å². The Labute approximate surface area is 88.0 Å². The lowest BCUT2D eigenvalue weighted by Gasteiger charge is -1.95. The fourth-order valence-corrected chi connectivity index (χ4v) is 2.24. The van der Waals surface area contributed by atoms with Crippen molar-refractivity contribution in [3.63, 3.8) is 0 Å². The second-order valence-corrected chi connectivity index (χ2v) is 4.40. The molecular weight excluding hydrogens is 250 g/mol. The molecule has 0 spiro atoms. The van der Waals surface area contributed by atoms with E-state index in [1.807, 2.05) is 19.1 Å². The molecule has 2 aromatic heterocycles. The molecule has 0 aliphatic heterocycles. The number of nitrogens with zero attached hydrogens (tertiary/aromatic N) is 3. The summed E-state index contributed by atoms with van der Waals surface area (Å²) in [4.78, 5) is 4.12. The largest absolute Gasteiger partial charge is 0.249 e. The lowest BCUT2D eigenvalue weighted by molar-refractivity contribution is 1.05. The van der Waals surface area contributed by atoms with Gasteiger partial charge in [-0.3, -0.25) is 0 Å². The van der Waals surface area contributed by atoms with Gasteiger partial charge in [0.1, 0.15) is 9.61 Å². The third-order valence-electron chi connectivity index (χ3n) is 1.52. The molecule has 2 heterocycles. The van der Waals surface area contributed by atoms with Crippen LogP contribution in [0.3, 0.4) is 0 Å². The average Bonchev–Trinajstić information content (AvgIpc) is 2.53. The van der Waals surface area contributed by atoms with Gasteiger partial charge in [-0.1, -0.05) is 11.3 Å². The maximum atomic E-state index is 4.12. The highest BCUT2D eigenvalue weighted by molar-refractivity contribution is 9.10. The third kappa shape index (κ3) is 1.76. The fourth-order valence-electron chi connectivity index (χ4n) is 0.951. The maximum Gasteiger partial charge on any atom is 0.150 e. The molecule has 2 aromatic rings. The van der Waals surface area contributed by atoms with Gasteiger partial charge in [-0.25, -0.2) is 4.98 Å². The van der Waals surface area contributed by atoms with Gasteiger partial charge in [0.25, 0.3) is 0 Å². The molecule has 0 radical (unpaired) electrons. The highest BCUT2D eigenvalue weighted by Gasteiger charge is 2.07. The summed E-state index contributed by atoms with van der Waals surface area (Å²) in [6, 6.07) is 3.86. The van der Waals surface area contributed by atoms with Crippen LogP contribution in [0.4, 0.5) is 0 Å². The average molecular weight is 256 g/mol. The van der Waals surface area contributed by atoms with Crippen LogP contribution in [-0.2, 0) is 0 Å². The van der Waals surface area contributed by atoms with Gasteiger partial charge < -0.3 is 0 Å². The lowest BCUT2D eigenvalue weighted by atomic mass is 10.3. The Morgan fingerprint density at radius 3 is 2.85 bits per heavy atom. The van der Waals surface area contributed by atoms with Crippen LogP contribution in [0.2, 0.25) is 0 Å². The number of halogens is 1. The molecule has 5 heteroatoms.